The lowest BCUT2D eigenvalue weighted by atomic mass is 10.1. The summed E-state index contributed by atoms with van der Waals surface area (Å²) < 4.78 is 81.9. The van der Waals surface area contributed by atoms with Gasteiger partial charge in [-0.2, -0.15) is 36.5 Å². The number of halogens is 7. The van der Waals surface area contributed by atoms with Crippen molar-refractivity contribution in [3.63, 3.8) is 0 Å². The molecule has 0 N–H and O–H groups in total. The number of fused-ring (bicyclic) bond motifs is 2. The quantitative estimate of drug-likeness (QED) is 0.0897. The average molecular weight is 1130 g/mol. The lowest BCUT2D eigenvalue weighted by Gasteiger charge is -2.21. The molecule has 15 nitrogen and oxygen atoms in total. The first-order chi connectivity index (χ1) is 36.7. The van der Waals surface area contributed by atoms with Gasteiger partial charge in [-0.25, -0.2) is 29.9 Å². The van der Waals surface area contributed by atoms with Crippen molar-refractivity contribution in [2.24, 2.45) is 0 Å². The number of likely N-dealkylation sites (tertiary alicyclic amines) is 1. The summed E-state index contributed by atoms with van der Waals surface area (Å²) in [6.07, 6.45) is 6.68. The van der Waals surface area contributed by atoms with Gasteiger partial charge in [0.05, 0.1) is 36.5 Å². The van der Waals surface area contributed by atoms with Crippen LogP contribution < -0.4 is 9.80 Å². The smallest absolute Gasteiger partial charge is 0.310 e. The number of hydrogen-bond donors (Lipinski definition) is 0. The molecular weight excluding hydrogens is 1070 g/mol. The fourth-order valence-electron chi connectivity index (χ4n) is 9.43. The van der Waals surface area contributed by atoms with E-state index in [0.717, 1.165) is 48.6 Å². The predicted octanol–water partition coefficient (Wildman–Crippen LogP) is 12.0. The highest BCUT2D eigenvalue weighted by atomic mass is 79.9. The van der Waals surface area contributed by atoms with E-state index in [9.17, 15) is 35.9 Å². The van der Waals surface area contributed by atoms with Crippen LogP contribution in [0.15, 0.2) is 85.5 Å². The van der Waals surface area contributed by atoms with E-state index in [1.807, 2.05) is 32.0 Å². The van der Waals surface area contributed by atoms with Crippen molar-refractivity contribution in [1.82, 2.24) is 54.4 Å². The summed E-state index contributed by atoms with van der Waals surface area (Å²) in [7, 11) is 3.41. The van der Waals surface area contributed by atoms with Crippen LogP contribution in [0.4, 0.5) is 37.7 Å². The number of pyridine rings is 2. The SMILES string of the molecule is C1CCCC1.Cc1cc(-c2ncc3nc(C(F)(F)F)cc(C)c3n2)ccc1N(C)C(=O)c1ccnn1CCBr.Cc1cc(-c2ncc3nc(C(F)(F)F)cc(C)c3n2)ccc1N(C)C(=O)c1ccnn1CCN1CCCC1. The number of carbonyl (C=O) groups excluding carboxylic acids is 2. The number of carbonyl (C=O) groups is 2. The van der Waals surface area contributed by atoms with Gasteiger partial charge in [0.1, 0.15) is 33.8 Å². The van der Waals surface area contributed by atoms with Gasteiger partial charge in [-0.05, 0) is 137 Å². The van der Waals surface area contributed by atoms with Crippen LogP contribution in [-0.2, 0) is 25.4 Å². The summed E-state index contributed by atoms with van der Waals surface area (Å²) in [5.41, 5.74) is 5.08. The van der Waals surface area contributed by atoms with Crippen LogP contribution in [-0.4, -0.2) is 105 Å². The summed E-state index contributed by atoms with van der Waals surface area (Å²) in [5.74, 6) is 0.365. The Morgan fingerprint density at radius 3 is 1.35 bits per heavy atom. The minimum Gasteiger partial charge on any atom is -0.310 e. The van der Waals surface area contributed by atoms with Crippen LogP contribution in [0.3, 0.4) is 0 Å². The summed E-state index contributed by atoms with van der Waals surface area (Å²) in [5, 5.41) is 9.22. The van der Waals surface area contributed by atoms with Crippen molar-refractivity contribution in [3.8, 4) is 22.8 Å². The van der Waals surface area contributed by atoms with E-state index in [2.05, 4.69) is 60.9 Å². The highest BCUT2D eigenvalue weighted by molar-refractivity contribution is 9.09. The molecule has 10 rings (SSSR count). The summed E-state index contributed by atoms with van der Waals surface area (Å²) >= 11 is 3.36. The van der Waals surface area contributed by atoms with Crippen LogP contribution in [0.1, 0.15) is 99.6 Å². The van der Waals surface area contributed by atoms with E-state index in [0.29, 0.717) is 80.4 Å². The maximum atomic E-state index is 13.4. The number of aryl methyl sites for hydroxylation is 5. The maximum Gasteiger partial charge on any atom is 0.433 e. The summed E-state index contributed by atoms with van der Waals surface area (Å²) in [4.78, 5) is 56.7. The molecule has 404 valence electrons. The van der Waals surface area contributed by atoms with E-state index in [-0.39, 0.29) is 22.8 Å². The molecule has 2 fully saturated rings. The molecule has 22 heteroatoms. The second kappa shape index (κ2) is 24.0. The zero-order valence-electron chi connectivity index (χ0n) is 43.6. The van der Waals surface area contributed by atoms with E-state index in [4.69, 9.17) is 0 Å². The lowest BCUT2D eigenvalue weighted by Crippen LogP contribution is -2.31. The van der Waals surface area contributed by atoms with Gasteiger partial charge in [0.25, 0.3) is 11.8 Å². The monoisotopic (exact) mass is 1130 g/mol. The Morgan fingerprint density at radius 1 is 0.545 bits per heavy atom. The third kappa shape index (κ3) is 13.1. The molecule has 0 radical (unpaired) electrons. The fourth-order valence-corrected chi connectivity index (χ4v) is 9.77. The molecule has 1 saturated heterocycles. The Morgan fingerprint density at radius 2 is 0.961 bits per heavy atom. The maximum absolute atomic E-state index is 13.4. The number of aromatic nitrogens is 10. The molecular formula is C55H58BrF6N13O2. The Hall–Kier alpha value is -7.20. The van der Waals surface area contributed by atoms with Crippen molar-refractivity contribution in [1.29, 1.82) is 0 Å². The molecule has 8 aromatic rings. The third-order valence-corrected chi connectivity index (χ3v) is 13.9. The number of alkyl halides is 7. The molecule has 0 unspecified atom stereocenters. The lowest BCUT2D eigenvalue weighted by molar-refractivity contribution is -0.141. The minimum absolute atomic E-state index is 0.0786. The van der Waals surface area contributed by atoms with Gasteiger partial charge < -0.3 is 14.7 Å². The molecule has 1 aliphatic carbocycles. The van der Waals surface area contributed by atoms with E-state index in [1.165, 1.54) is 57.3 Å². The molecule has 1 aliphatic heterocycles. The Bertz CT molecular complexity index is 3400. The van der Waals surface area contributed by atoms with Gasteiger partial charge in [0.2, 0.25) is 0 Å². The van der Waals surface area contributed by atoms with Crippen molar-refractivity contribution in [2.45, 2.75) is 98.1 Å². The van der Waals surface area contributed by atoms with Crippen molar-refractivity contribution in [2.75, 3.05) is 48.9 Å². The van der Waals surface area contributed by atoms with Crippen molar-refractivity contribution >= 4 is 61.2 Å². The first-order valence-corrected chi connectivity index (χ1v) is 26.4. The Balaban J connectivity index is 0.000000187. The van der Waals surface area contributed by atoms with Gasteiger partial charge in [-0.15, -0.1) is 0 Å². The molecule has 7 heterocycles. The largest absolute Gasteiger partial charge is 0.433 e. The van der Waals surface area contributed by atoms with Crippen LogP contribution in [0.5, 0.6) is 0 Å². The highest BCUT2D eigenvalue weighted by Crippen LogP contribution is 2.34. The van der Waals surface area contributed by atoms with Crippen molar-refractivity contribution < 1.29 is 35.9 Å². The number of benzene rings is 2. The molecule has 2 aromatic carbocycles. The van der Waals surface area contributed by atoms with Crippen LogP contribution in [0.25, 0.3) is 44.8 Å². The van der Waals surface area contributed by atoms with Crippen LogP contribution in [0, 0.1) is 27.7 Å². The third-order valence-electron chi connectivity index (χ3n) is 13.5. The molecule has 2 aliphatic rings. The van der Waals surface area contributed by atoms with E-state index >= 15 is 0 Å². The standard InChI is InChI=1S/C27H28F3N7O.C23H20BrF3N6O.C5H10/c1-17-14-19(25-31-16-20-24(34-25)18(2)15-23(33-20)27(28,29)30)6-7-21(17)35(3)26(38)22-8-9-32-37(22)13-12-36-10-4-5-11-36;1-13-10-15(4-5-17(13)32(3)22(34)18-6-8-29-33(18)9-7-24)21-28-12-16-20(31-21)14(2)11-19(30-16)23(25,26)27;1-2-4-5-3-1/h6-9,14-16H,4-5,10-13H2,1-3H3;4-6,8,10-12H,7,9H2,1-3H3;1-5H2. The minimum atomic E-state index is -4.54. The van der Waals surface area contributed by atoms with E-state index < -0.39 is 23.7 Å². The Kier molecular flexibility index (Phi) is 17.5. The fraction of sp³-hybridized carbons (Fsp3) is 0.382. The number of nitrogens with zero attached hydrogens (tertiary/aromatic N) is 13. The van der Waals surface area contributed by atoms with Crippen molar-refractivity contribution in [3.05, 3.63) is 130 Å². The zero-order valence-corrected chi connectivity index (χ0v) is 45.1. The van der Waals surface area contributed by atoms with Gasteiger partial charge in [0, 0.05) is 60.9 Å². The topological polar surface area (TPSA) is 157 Å². The van der Waals surface area contributed by atoms with Gasteiger partial charge >= 0.3 is 12.4 Å². The molecule has 2 amide bonds. The second-order valence-corrected chi connectivity index (χ2v) is 19.9. The van der Waals surface area contributed by atoms with Gasteiger partial charge in [0.15, 0.2) is 11.6 Å². The first kappa shape index (κ1) is 56.0. The molecule has 0 bridgehead atoms. The summed E-state index contributed by atoms with van der Waals surface area (Å²) in [6.45, 7) is 11.1. The second-order valence-electron chi connectivity index (χ2n) is 19.1. The van der Waals surface area contributed by atoms with Crippen LogP contribution >= 0.6 is 15.9 Å². The van der Waals surface area contributed by atoms with Gasteiger partial charge in [-0.3, -0.25) is 19.0 Å². The Labute approximate surface area is 449 Å². The molecule has 0 spiro atoms. The van der Waals surface area contributed by atoms with Crippen LogP contribution in [0.2, 0.25) is 0 Å². The average Bonchev–Trinajstić information content (AvgIpc) is 4.28. The zero-order chi connectivity index (χ0) is 55.2. The number of amides is 2. The number of hydrogen-bond acceptors (Lipinski definition) is 11. The molecule has 1 saturated carbocycles. The normalized spacial score (nSPS) is 13.8. The number of rotatable bonds is 11. The molecule has 77 heavy (non-hydrogen) atoms. The predicted molar refractivity (Wildman–Crippen MR) is 287 cm³/mol. The molecule has 6 aromatic heterocycles. The van der Waals surface area contributed by atoms with Gasteiger partial charge in [-0.1, -0.05) is 48.0 Å². The molecule has 0 atom stereocenters. The highest BCUT2D eigenvalue weighted by Gasteiger charge is 2.34. The first-order valence-electron chi connectivity index (χ1n) is 25.2. The summed E-state index contributed by atoms with van der Waals surface area (Å²) in [6, 6.07) is 16.3. The number of anilines is 2. The van der Waals surface area contributed by atoms with E-state index in [1.54, 1.807) is 89.8 Å².